The van der Waals surface area contributed by atoms with E-state index >= 15 is 0 Å². The van der Waals surface area contributed by atoms with Gasteiger partial charge < -0.3 is 4.90 Å². The number of likely N-dealkylation sites (tertiary alicyclic amines) is 1. The zero-order chi connectivity index (χ0) is 9.30. The lowest BCUT2D eigenvalue weighted by Crippen LogP contribution is -2.35. The van der Waals surface area contributed by atoms with Crippen LogP contribution in [0.4, 0.5) is 0 Å². The van der Waals surface area contributed by atoms with Crippen LogP contribution in [-0.2, 0) is 0 Å². The molecule has 0 radical (unpaired) electrons. The van der Waals surface area contributed by atoms with Crippen LogP contribution in [0.2, 0.25) is 0 Å². The van der Waals surface area contributed by atoms with E-state index in [9.17, 15) is 0 Å². The molecule has 1 fully saturated rings. The molecule has 1 rings (SSSR count). The minimum atomic E-state index is 0.706. The Kier molecular flexibility index (Phi) is 3.13. The summed E-state index contributed by atoms with van der Waals surface area (Å²) >= 11 is 0. The van der Waals surface area contributed by atoms with Crippen molar-refractivity contribution >= 4 is 0 Å². The van der Waals surface area contributed by atoms with Crippen LogP contribution in [0.5, 0.6) is 0 Å². The van der Waals surface area contributed by atoms with Crippen LogP contribution in [0.3, 0.4) is 0 Å². The molecule has 0 bridgehead atoms. The van der Waals surface area contributed by atoms with Gasteiger partial charge in [-0.15, -0.1) is 0 Å². The maximum atomic E-state index is 2.56. The fraction of sp³-hybridized carbons (Fsp3) is 1.00. The van der Waals surface area contributed by atoms with Crippen LogP contribution in [-0.4, -0.2) is 49.1 Å². The summed E-state index contributed by atoms with van der Waals surface area (Å²) in [5.41, 5.74) is 0. The molecular formula is C10H22N2. The van der Waals surface area contributed by atoms with Crippen molar-refractivity contribution in [3.63, 3.8) is 0 Å². The SMILES string of the molecule is CC(C)N1C[C@@H](C)[C@@H](N(C)C)C1. The quantitative estimate of drug-likeness (QED) is 0.616. The normalized spacial score (nSPS) is 32.2. The van der Waals surface area contributed by atoms with Gasteiger partial charge in [-0.1, -0.05) is 6.92 Å². The van der Waals surface area contributed by atoms with E-state index in [1.807, 2.05) is 0 Å². The van der Waals surface area contributed by atoms with Crippen molar-refractivity contribution in [2.24, 2.45) is 5.92 Å². The molecule has 0 aliphatic carbocycles. The highest BCUT2D eigenvalue weighted by Gasteiger charge is 2.31. The van der Waals surface area contributed by atoms with Gasteiger partial charge in [-0.05, 0) is 33.9 Å². The van der Waals surface area contributed by atoms with E-state index in [0.29, 0.717) is 6.04 Å². The van der Waals surface area contributed by atoms with Crippen molar-refractivity contribution in [1.82, 2.24) is 9.80 Å². The lowest BCUT2D eigenvalue weighted by atomic mass is 10.1. The summed E-state index contributed by atoms with van der Waals surface area (Å²) in [7, 11) is 4.37. The Morgan fingerprint density at radius 1 is 1.25 bits per heavy atom. The summed E-state index contributed by atoms with van der Waals surface area (Å²) < 4.78 is 0. The number of hydrogen-bond donors (Lipinski definition) is 0. The highest BCUT2D eigenvalue weighted by Crippen LogP contribution is 2.21. The summed E-state index contributed by atoms with van der Waals surface area (Å²) in [4.78, 5) is 4.92. The number of nitrogens with zero attached hydrogens (tertiary/aromatic N) is 2. The first-order valence-corrected chi connectivity index (χ1v) is 4.93. The van der Waals surface area contributed by atoms with Gasteiger partial charge in [0.25, 0.3) is 0 Å². The van der Waals surface area contributed by atoms with Crippen molar-refractivity contribution in [1.29, 1.82) is 0 Å². The van der Waals surface area contributed by atoms with Crippen molar-refractivity contribution < 1.29 is 0 Å². The highest BCUT2D eigenvalue weighted by molar-refractivity contribution is 4.87. The lowest BCUT2D eigenvalue weighted by Gasteiger charge is -2.23. The van der Waals surface area contributed by atoms with E-state index < -0.39 is 0 Å². The van der Waals surface area contributed by atoms with E-state index in [1.165, 1.54) is 13.1 Å². The minimum absolute atomic E-state index is 0.706. The molecule has 1 heterocycles. The second kappa shape index (κ2) is 3.75. The molecular weight excluding hydrogens is 148 g/mol. The Hall–Kier alpha value is -0.0800. The first kappa shape index (κ1) is 10.0. The van der Waals surface area contributed by atoms with Crippen molar-refractivity contribution in [2.75, 3.05) is 27.2 Å². The number of rotatable bonds is 2. The predicted octanol–water partition coefficient (Wildman–Crippen LogP) is 1.28. The van der Waals surface area contributed by atoms with E-state index in [0.717, 1.165) is 12.0 Å². The molecule has 2 atom stereocenters. The van der Waals surface area contributed by atoms with Gasteiger partial charge in [0.15, 0.2) is 0 Å². The number of hydrogen-bond acceptors (Lipinski definition) is 2. The van der Waals surface area contributed by atoms with Gasteiger partial charge in [-0.25, -0.2) is 0 Å². The largest absolute Gasteiger partial charge is 0.305 e. The summed E-state index contributed by atoms with van der Waals surface area (Å²) in [5, 5.41) is 0. The second-order valence-electron chi connectivity index (χ2n) is 4.56. The first-order chi connectivity index (χ1) is 5.52. The summed E-state index contributed by atoms with van der Waals surface area (Å²) in [5.74, 6) is 0.822. The fourth-order valence-corrected chi connectivity index (χ4v) is 2.08. The molecule has 0 spiro atoms. The summed E-state index contributed by atoms with van der Waals surface area (Å²) in [6.07, 6.45) is 0. The Bertz CT molecular complexity index is 143. The lowest BCUT2D eigenvalue weighted by molar-refractivity contribution is 0.233. The number of likely N-dealkylation sites (N-methyl/N-ethyl adjacent to an activating group) is 1. The van der Waals surface area contributed by atoms with Gasteiger partial charge >= 0.3 is 0 Å². The molecule has 0 aromatic carbocycles. The Morgan fingerprint density at radius 2 is 1.83 bits per heavy atom. The Labute approximate surface area is 76.5 Å². The molecule has 2 heteroatoms. The average molecular weight is 170 g/mol. The van der Waals surface area contributed by atoms with E-state index in [4.69, 9.17) is 0 Å². The predicted molar refractivity (Wildman–Crippen MR) is 53.3 cm³/mol. The second-order valence-corrected chi connectivity index (χ2v) is 4.56. The van der Waals surface area contributed by atoms with Crippen LogP contribution >= 0.6 is 0 Å². The third-order valence-electron chi connectivity index (χ3n) is 2.99. The molecule has 0 unspecified atom stereocenters. The van der Waals surface area contributed by atoms with Gasteiger partial charge in [-0.3, -0.25) is 4.90 Å². The molecule has 72 valence electrons. The smallest absolute Gasteiger partial charge is 0.0254 e. The monoisotopic (exact) mass is 170 g/mol. The average Bonchev–Trinajstić information content (AvgIpc) is 2.30. The topological polar surface area (TPSA) is 6.48 Å². The fourth-order valence-electron chi connectivity index (χ4n) is 2.08. The van der Waals surface area contributed by atoms with E-state index in [1.54, 1.807) is 0 Å². The molecule has 0 aromatic heterocycles. The van der Waals surface area contributed by atoms with Crippen LogP contribution < -0.4 is 0 Å². The van der Waals surface area contributed by atoms with Crippen molar-refractivity contribution in [2.45, 2.75) is 32.9 Å². The zero-order valence-electron chi connectivity index (χ0n) is 9.04. The van der Waals surface area contributed by atoms with Crippen LogP contribution in [0.15, 0.2) is 0 Å². The molecule has 12 heavy (non-hydrogen) atoms. The Balaban J connectivity index is 2.50. The van der Waals surface area contributed by atoms with Crippen LogP contribution in [0.25, 0.3) is 0 Å². The summed E-state index contributed by atoms with van der Waals surface area (Å²) in [6.45, 7) is 9.43. The van der Waals surface area contributed by atoms with Gasteiger partial charge in [0.2, 0.25) is 0 Å². The van der Waals surface area contributed by atoms with Crippen molar-refractivity contribution in [3.8, 4) is 0 Å². The molecule has 1 aliphatic rings. The van der Waals surface area contributed by atoms with Crippen LogP contribution in [0, 0.1) is 5.92 Å². The standard InChI is InChI=1S/C10H22N2/c1-8(2)12-6-9(3)10(7-12)11(4)5/h8-10H,6-7H2,1-5H3/t9-,10+/m1/s1. The first-order valence-electron chi connectivity index (χ1n) is 4.93. The molecule has 0 aromatic rings. The molecule has 0 N–H and O–H groups in total. The molecule has 2 nitrogen and oxygen atoms in total. The summed E-state index contributed by atoms with van der Waals surface area (Å²) in [6, 6.07) is 1.46. The molecule has 1 aliphatic heterocycles. The van der Waals surface area contributed by atoms with Gasteiger partial charge in [-0.2, -0.15) is 0 Å². The molecule has 0 amide bonds. The maximum Gasteiger partial charge on any atom is 0.0254 e. The van der Waals surface area contributed by atoms with Gasteiger partial charge in [0.1, 0.15) is 0 Å². The minimum Gasteiger partial charge on any atom is -0.305 e. The third kappa shape index (κ3) is 1.99. The molecule has 1 saturated heterocycles. The van der Waals surface area contributed by atoms with Gasteiger partial charge in [0, 0.05) is 25.2 Å². The van der Waals surface area contributed by atoms with Crippen molar-refractivity contribution in [3.05, 3.63) is 0 Å². The van der Waals surface area contributed by atoms with E-state index in [-0.39, 0.29) is 0 Å². The zero-order valence-corrected chi connectivity index (χ0v) is 9.04. The highest BCUT2D eigenvalue weighted by atomic mass is 15.2. The van der Waals surface area contributed by atoms with E-state index in [2.05, 4.69) is 44.7 Å². The molecule has 0 saturated carbocycles. The Morgan fingerprint density at radius 3 is 2.08 bits per heavy atom. The van der Waals surface area contributed by atoms with Gasteiger partial charge in [0.05, 0.1) is 0 Å². The third-order valence-corrected chi connectivity index (χ3v) is 2.99. The maximum absolute atomic E-state index is 2.56. The van der Waals surface area contributed by atoms with Crippen LogP contribution in [0.1, 0.15) is 20.8 Å².